The second-order valence-electron chi connectivity index (χ2n) is 7.90. The van der Waals surface area contributed by atoms with Gasteiger partial charge in [0.2, 0.25) is 6.29 Å². The zero-order valence-corrected chi connectivity index (χ0v) is 19.5. The van der Waals surface area contributed by atoms with E-state index >= 15 is 0 Å². The van der Waals surface area contributed by atoms with Crippen molar-refractivity contribution in [1.29, 1.82) is 0 Å². The summed E-state index contributed by atoms with van der Waals surface area (Å²) in [5.41, 5.74) is 0. The van der Waals surface area contributed by atoms with Gasteiger partial charge in [0.15, 0.2) is 24.6 Å². The van der Waals surface area contributed by atoms with Gasteiger partial charge < -0.3 is 53.6 Å². The number of esters is 4. The van der Waals surface area contributed by atoms with Gasteiger partial charge in [0.1, 0.15) is 37.1 Å². The Kier molecular flexibility index (Phi) is 10.3. The highest BCUT2D eigenvalue weighted by Crippen LogP contribution is 2.32. The number of carbonyl (C=O) groups is 4. The van der Waals surface area contributed by atoms with Crippen LogP contribution in [0.2, 0.25) is 0 Å². The maximum absolute atomic E-state index is 11.8. The van der Waals surface area contributed by atoms with E-state index in [-0.39, 0.29) is 0 Å². The number of hydrogen-bond donors (Lipinski definition) is 4. The lowest BCUT2D eigenvalue weighted by atomic mass is 9.97. The van der Waals surface area contributed by atoms with Gasteiger partial charge in [0.25, 0.3) is 0 Å². The van der Waals surface area contributed by atoms with Crippen LogP contribution in [0.3, 0.4) is 0 Å². The molecule has 2 heterocycles. The van der Waals surface area contributed by atoms with Gasteiger partial charge in [-0.3, -0.25) is 19.2 Å². The summed E-state index contributed by atoms with van der Waals surface area (Å²) in [5.74, 6) is -3.27. The fourth-order valence-corrected chi connectivity index (χ4v) is 3.61. The molecular weight excluding hydrogens is 480 g/mol. The predicted octanol–water partition coefficient (Wildman–Crippen LogP) is -3.11. The molecule has 0 aromatic heterocycles. The summed E-state index contributed by atoms with van der Waals surface area (Å²) in [6.07, 6.45) is -15.9. The van der Waals surface area contributed by atoms with E-state index in [1.807, 2.05) is 0 Å². The largest absolute Gasteiger partial charge is 0.463 e. The Morgan fingerprint density at radius 1 is 0.657 bits per heavy atom. The van der Waals surface area contributed by atoms with Crippen molar-refractivity contribution in [1.82, 2.24) is 0 Å². The minimum atomic E-state index is -1.85. The van der Waals surface area contributed by atoms with Gasteiger partial charge in [-0.05, 0) is 0 Å². The van der Waals surface area contributed by atoms with Crippen molar-refractivity contribution >= 4 is 23.9 Å². The third-order valence-corrected chi connectivity index (χ3v) is 5.06. The van der Waals surface area contributed by atoms with Crippen molar-refractivity contribution in [2.75, 3.05) is 13.2 Å². The molecule has 15 heteroatoms. The maximum Gasteiger partial charge on any atom is 0.303 e. The molecule has 2 aliphatic heterocycles. The molecule has 0 bridgehead atoms. The highest BCUT2D eigenvalue weighted by molar-refractivity contribution is 5.68. The van der Waals surface area contributed by atoms with Crippen molar-refractivity contribution in [3.8, 4) is 0 Å². The molecule has 15 nitrogen and oxygen atoms in total. The third kappa shape index (κ3) is 7.54. The molecule has 2 aliphatic rings. The van der Waals surface area contributed by atoms with Gasteiger partial charge in [-0.25, -0.2) is 0 Å². The average Bonchev–Trinajstić information content (AvgIpc) is 2.75. The van der Waals surface area contributed by atoms with Gasteiger partial charge in [-0.1, -0.05) is 0 Å². The van der Waals surface area contributed by atoms with E-state index in [1.165, 1.54) is 0 Å². The van der Waals surface area contributed by atoms with E-state index in [0.29, 0.717) is 0 Å². The molecule has 0 radical (unpaired) electrons. The zero-order chi connectivity index (χ0) is 26.4. The van der Waals surface area contributed by atoms with Gasteiger partial charge in [0.05, 0.1) is 6.61 Å². The normalized spacial score (nSPS) is 37.1. The molecule has 200 valence electrons. The number of aliphatic hydroxyl groups is 4. The Bertz CT molecular complexity index is 770. The summed E-state index contributed by atoms with van der Waals surface area (Å²) in [6, 6.07) is 0. The number of ether oxygens (including phenoxy) is 7. The molecule has 0 amide bonds. The first-order valence-corrected chi connectivity index (χ1v) is 10.6. The summed E-state index contributed by atoms with van der Waals surface area (Å²) in [5, 5.41) is 39.7. The highest BCUT2D eigenvalue weighted by Gasteiger charge is 2.55. The molecule has 0 aliphatic carbocycles. The van der Waals surface area contributed by atoms with Gasteiger partial charge >= 0.3 is 23.9 Å². The SMILES string of the molecule is CC(=O)OC[C@H]1O[C@@H](O[C@H]2O[C@H](CO)[C@H](O)[C@H](O)[C@H]2O)[C@@H](OC(C)=O)[C@H](OC(C)=O)[C@H]1OC(C)=O. The van der Waals surface area contributed by atoms with Crippen LogP contribution >= 0.6 is 0 Å². The van der Waals surface area contributed by atoms with E-state index in [4.69, 9.17) is 33.2 Å². The first-order chi connectivity index (χ1) is 16.3. The monoisotopic (exact) mass is 510 g/mol. The Morgan fingerprint density at radius 2 is 1.17 bits per heavy atom. The van der Waals surface area contributed by atoms with E-state index < -0.39 is 98.5 Å². The molecule has 0 spiro atoms. The summed E-state index contributed by atoms with van der Waals surface area (Å²) < 4.78 is 37.2. The summed E-state index contributed by atoms with van der Waals surface area (Å²) in [6.45, 7) is 2.98. The van der Waals surface area contributed by atoms with Gasteiger partial charge in [-0.15, -0.1) is 0 Å². The summed E-state index contributed by atoms with van der Waals surface area (Å²) >= 11 is 0. The molecule has 2 rings (SSSR count). The number of hydrogen-bond acceptors (Lipinski definition) is 15. The highest BCUT2D eigenvalue weighted by atomic mass is 16.8. The Morgan fingerprint density at radius 3 is 1.69 bits per heavy atom. The predicted molar refractivity (Wildman–Crippen MR) is 107 cm³/mol. The van der Waals surface area contributed by atoms with Crippen molar-refractivity contribution in [3.63, 3.8) is 0 Å². The third-order valence-electron chi connectivity index (χ3n) is 5.06. The first-order valence-electron chi connectivity index (χ1n) is 10.6. The van der Waals surface area contributed by atoms with Crippen molar-refractivity contribution < 1.29 is 72.8 Å². The van der Waals surface area contributed by atoms with Crippen LogP contribution in [0.25, 0.3) is 0 Å². The van der Waals surface area contributed by atoms with E-state index in [2.05, 4.69) is 0 Å². The second kappa shape index (κ2) is 12.5. The molecule has 0 saturated carbocycles. The van der Waals surface area contributed by atoms with Crippen LogP contribution in [0.5, 0.6) is 0 Å². The molecule has 4 N–H and O–H groups in total. The van der Waals surface area contributed by atoms with Crippen LogP contribution in [0, 0.1) is 0 Å². The molecule has 10 atom stereocenters. The molecule has 2 saturated heterocycles. The topological polar surface area (TPSA) is 214 Å². The summed E-state index contributed by atoms with van der Waals surface area (Å²) in [4.78, 5) is 46.8. The van der Waals surface area contributed by atoms with Crippen LogP contribution in [0.1, 0.15) is 27.7 Å². The smallest absolute Gasteiger partial charge is 0.303 e. The minimum Gasteiger partial charge on any atom is -0.463 e. The lowest BCUT2D eigenvalue weighted by molar-refractivity contribution is -0.377. The molecule has 2 fully saturated rings. The quantitative estimate of drug-likeness (QED) is 0.188. The van der Waals surface area contributed by atoms with Crippen molar-refractivity contribution in [3.05, 3.63) is 0 Å². The number of rotatable bonds is 8. The molecule has 35 heavy (non-hydrogen) atoms. The van der Waals surface area contributed by atoms with Gasteiger partial charge in [0, 0.05) is 27.7 Å². The van der Waals surface area contributed by atoms with Crippen molar-refractivity contribution in [2.45, 2.75) is 89.1 Å². The van der Waals surface area contributed by atoms with E-state index in [0.717, 1.165) is 27.7 Å². The fourth-order valence-electron chi connectivity index (χ4n) is 3.61. The Balaban J connectivity index is 2.43. The first kappa shape index (κ1) is 28.8. The molecule has 0 unspecified atom stereocenters. The lowest BCUT2D eigenvalue weighted by Gasteiger charge is -2.46. The van der Waals surface area contributed by atoms with Gasteiger partial charge in [-0.2, -0.15) is 0 Å². The van der Waals surface area contributed by atoms with Crippen LogP contribution in [-0.2, 0) is 52.3 Å². The van der Waals surface area contributed by atoms with Crippen LogP contribution in [0.4, 0.5) is 0 Å². The molecule has 0 aromatic carbocycles. The van der Waals surface area contributed by atoms with Crippen molar-refractivity contribution in [2.24, 2.45) is 0 Å². The number of aliphatic hydroxyl groups excluding tert-OH is 4. The second-order valence-corrected chi connectivity index (χ2v) is 7.90. The van der Waals surface area contributed by atoms with Crippen LogP contribution < -0.4 is 0 Å². The molecular formula is C20H30O15. The van der Waals surface area contributed by atoms with Crippen LogP contribution in [-0.4, -0.2) is 119 Å². The van der Waals surface area contributed by atoms with Crippen LogP contribution in [0.15, 0.2) is 0 Å². The summed E-state index contributed by atoms with van der Waals surface area (Å²) in [7, 11) is 0. The minimum absolute atomic E-state index is 0.508. The standard InChI is InChI=1S/C20H30O15/c1-7(22)29-6-12-16(30-8(2)23)17(31-9(3)24)18(32-10(4)25)20(34-12)35-19-15(28)14(27)13(26)11(5-21)33-19/h11-21,26-28H,5-6H2,1-4H3/t11-,12-,13+,14+,15-,16+,17-,18+,19-,20+/m1/s1. The zero-order valence-electron chi connectivity index (χ0n) is 19.5. The Labute approximate surface area is 199 Å². The lowest BCUT2D eigenvalue weighted by Crippen LogP contribution is -2.65. The number of carbonyl (C=O) groups excluding carboxylic acids is 4. The Hall–Kier alpha value is -2.40. The maximum atomic E-state index is 11.8. The fraction of sp³-hybridized carbons (Fsp3) is 0.800. The average molecular weight is 510 g/mol. The van der Waals surface area contributed by atoms with E-state index in [1.54, 1.807) is 0 Å². The van der Waals surface area contributed by atoms with E-state index in [9.17, 15) is 39.6 Å². The molecule has 0 aromatic rings.